The van der Waals surface area contributed by atoms with E-state index in [1.807, 2.05) is 53.2 Å². The van der Waals surface area contributed by atoms with E-state index in [4.69, 9.17) is 4.74 Å². The van der Waals surface area contributed by atoms with Crippen molar-refractivity contribution in [1.82, 2.24) is 14.5 Å². The lowest BCUT2D eigenvalue weighted by atomic mass is 10.0. The van der Waals surface area contributed by atoms with Gasteiger partial charge in [0.15, 0.2) is 5.43 Å². The number of amides is 1. The minimum absolute atomic E-state index is 0.0631. The van der Waals surface area contributed by atoms with Crippen molar-refractivity contribution in [2.24, 2.45) is 0 Å². The standard InChI is InChI=1S/C30H29BrN4O3/c1-20(36)35-27-15-23(31)7-8-26(27)34-19-22(14-21-6-5-9-32-18-21)30(37)25-16-24(17-28(35)29(25)34)38-13-12-33-10-3-2-4-11-33/h5-9,15-19H,2-4,10-14H2,1H3. The molecule has 1 saturated heterocycles. The number of anilines is 2. The Labute approximate surface area is 229 Å². The molecule has 8 heteroatoms. The lowest BCUT2D eigenvalue weighted by molar-refractivity contribution is -0.115. The van der Waals surface area contributed by atoms with Crippen LogP contribution < -0.4 is 15.1 Å². The number of halogens is 1. The Morgan fingerprint density at radius 2 is 1.89 bits per heavy atom. The number of likely N-dealkylation sites (tertiary alicyclic amines) is 1. The molecule has 0 bridgehead atoms. The maximum Gasteiger partial charge on any atom is 0.228 e. The Balaban J connectivity index is 1.50. The van der Waals surface area contributed by atoms with Crippen LogP contribution in [0.2, 0.25) is 0 Å². The van der Waals surface area contributed by atoms with Crippen LogP contribution in [-0.2, 0) is 11.2 Å². The lowest BCUT2D eigenvalue weighted by Gasteiger charge is -2.33. The van der Waals surface area contributed by atoms with Gasteiger partial charge in [0.1, 0.15) is 12.4 Å². The van der Waals surface area contributed by atoms with Crippen molar-refractivity contribution in [3.63, 3.8) is 0 Å². The van der Waals surface area contributed by atoms with Crippen LogP contribution in [0.3, 0.4) is 0 Å². The van der Waals surface area contributed by atoms with Gasteiger partial charge in [0, 0.05) is 54.6 Å². The Morgan fingerprint density at radius 3 is 2.66 bits per heavy atom. The fourth-order valence-corrected chi connectivity index (χ4v) is 5.94. The molecule has 6 rings (SSSR count). The molecule has 4 heterocycles. The average Bonchev–Trinajstić information content (AvgIpc) is 2.92. The second-order valence-electron chi connectivity index (χ2n) is 9.97. The number of carbonyl (C=O) groups is 1. The van der Waals surface area contributed by atoms with Crippen LogP contribution in [0.1, 0.15) is 37.3 Å². The highest BCUT2D eigenvalue weighted by Crippen LogP contribution is 2.44. The number of aromatic nitrogens is 2. The Bertz CT molecular complexity index is 1580. The molecule has 0 unspecified atom stereocenters. The molecule has 2 aliphatic heterocycles. The van der Waals surface area contributed by atoms with E-state index in [-0.39, 0.29) is 11.3 Å². The summed E-state index contributed by atoms with van der Waals surface area (Å²) >= 11 is 3.57. The summed E-state index contributed by atoms with van der Waals surface area (Å²) in [6, 6.07) is 13.4. The number of fused-ring (bicyclic) bond motifs is 2. The molecule has 0 atom stereocenters. The first kappa shape index (κ1) is 24.8. The van der Waals surface area contributed by atoms with Gasteiger partial charge in [-0.05, 0) is 61.8 Å². The minimum Gasteiger partial charge on any atom is -0.492 e. The van der Waals surface area contributed by atoms with Crippen LogP contribution in [0.25, 0.3) is 16.6 Å². The highest BCUT2D eigenvalue weighted by atomic mass is 79.9. The topological polar surface area (TPSA) is 67.7 Å². The summed E-state index contributed by atoms with van der Waals surface area (Å²) in [6.07, 6.45) is 9.61. The minimum atomic E-state index is -0.130. The van der Waals surface area contributed by atoms with E-state index in [2.05, 4.69) is 25.8 Å². The zero-order chi connectivity index (χ0) is 26.2. The molecule has 38 heavy (non-hydrogen) atoms. The van der Waals surface area contributed by atoms with Gasteiger partial charge in [0.05, 0.1) is 28.0 Å². The van der Waals surface area contributed by atoms with Gasteiger partial charge in [0.2, 0.25) is 5.91 Å². The highest BCUT2D eigenvalue weighted by Gasteiger charge is 2.29. The van der Waals surface area contributed by atoms with Crippen LogP contribution >= 0.6 is 15.9 Å². The molecule has 194 valence electrons. The predicted octanol–water partition coefficient (Wildman–Crippen LogP) is 5.60. The van der Waals surface area contributed by atoms with Crippen molar-refractivity contribution in [2.45, 2.75) is 32.6 Å². The molecule has 2 aromatic carbocycles. The first-order valence-electron chi connectivity index (χ1n) is 13.1. The van der Waals surface area contributed by atoms with Gasteiger partial charge in [-0.25, -0.2) is 0 Å². The van der Waals surface area contributed by atoms with Gasteiger partial charge in [0.25, 0.3) is 0 Å². The molecular formula is C30H29BrN4O3. The van der Waals surface area contributed by atoms with E-state index in [0.29, 0.717) is 40.9 Å². The number of nitrogens with zero attached hydrogens (tertiary/aromatic N) is 4. The second-order valence-corrected chi connectivity index (χ2v) is 10.9. The molecule has 2 aliphatic rings. The first-order chi connectivity index (χ1) is 18.5. The van der Waals surface area contributed by atoms with Gasteiger partial charge in [-0.1, -0.05) is 28.4 Å². The normalized spacial score (nSPS) is 14.9. The SMILES string of the molecule is CC(=O)N1c2cc(Br)ccc2-n2cc(Cc3cccnc3)c(=O)c3cc(OCCN4CCCCC4)cc1c32. The zero-order valence-corrected chi connectivity index (χ0v) is 22.9. The number of hydrogen-bond donors (Lipinski definition) is 0. The largest absolute Gasteiger partial charge is 0.492 e. The molecule has 0 radical (unpaired) electrons. The number of pyridine rings is 2. The molecule has 7 nitrogen and oxygen atoms in total. The van der Waals surface area contributed by atoms with Crippen molar-refractivity contribution in [3.05, 3.63) is 86.9 Å². The fraction of sp³-hybridized carbons (Fsp3) is 0.300. The molecule has 1 amide bonds. The summed E-state index contributed by atoms with van der Waals surface area (Å²) in [5.41, 5.74) is 4.51. The number of carbonyl (C=O) groups excluding carboxylic acids is 1. The molecule has 0 N–H and O–H groups in total. The predicted molar refractivity (Wildman–Crippen MR) is 153 cm³/mol. The van der Waals surface area contributed by atoms with Crippen molar-refractivity contribution >= 4 is 44.1 Å². The van der Waals surface area contributed by atoms with Crippen molar-refractivity contribution in [1.29, 1.82) is 0 Å². The van der Waals surface area contributed by atoms with E-state index in [0.717, 1.165) is 41.0 Å². The average molecular weight is 573 g/mol. The summed E-state index contributed by atoms with van der Waals surface area (Å²) in [7, 11) is 0. The number of hydrogen-bond acceptors (Lipinski definition) is 5. The summed E-state index contributed by atoms with van der Waals surface area (Å²) in [5.74, 6) is 0.464. The van der Waals surface area contributed by atoms with Crippen LogP contribution in [0, 0.1) is 0 Å². The van der Waals surface area contributed by atoms with Gasteiger partial charge in [-0.15, -0.1) is 0 Å². The number of rotatable bonds is 6. The van der Waals surface area contributed by atoms with Gasteiger partial charge in [-0.3, -0.25) is 24.4 Å². The fourth-order valence-electron chi connectivity index (χ4n) is 5.59. The molecular weight excluding hydrogens is 544 g/mol. The van der Waals surface area contributed by atoms with E-state index < -0.39 is 0 Å². The van der Waals surface area contributed by atoms with Crippen molar-refractivity contribution in [2.75, 3.05) is 31.1 Å². The molecule has 2 aromatic heterocycles. The first-order valence-corrected chi connectivity index (χ1v) is 13.9. The van der Waals surface area contributed by atoms with E-state index in [9.17, 15) is 9.59 Å². The maximum absolute atomic E-state index is 13.9. The number of piperidine rings is 1. The smallest absolute Gasteiger partial charge is 0.228 e. The molecule has 0 saturated carbocycles. The lowest BCUT2D eigenvalue weighted by Crippen LogP contribution is -2.33. The summed E-state index contributed by atoms with van der Waals surface area (Å²) in [6.45, 7) is 5.10. The third-order valence-electron chi connectivity index (χ3n) is 7.36. The van der Waals surface area contributed by atoms with Crippen LogP contribution in [0.15, 0.2) is 70.3 Å². The van der Waals surface area contributed by atoms with E-state index in [1.54, 1.807) is 24.2 Å². The van der Waals surface area contributed by atoms with Crippen LogP contribution in [0.5, 0.6) is 5.75 Å². The second kappa shape index (κ2) is 10.3. The molecule has 4 aromatic rings. The summed E-state index contributed by atoms with van der Waals surface area (Å²) < 4.78 is 9.14. The van der Waals surface area contributed by atoms with Gasteiger partial charge >= 0.3 is 0 Å². The van der Waals surface area contributed by atoms with E-state index >= 15 is 0 Å². The summed E-state index contributed by atoms with van der Waals surface area (Å²) in [5, 5.41) is 0.539. The van der Waals surface area contributed by atoms with Gasteiger partial charge < -0.3 is 9.30 Å². The third kappa shape index (κ3) is 4.63. The van der Waals surface area contributed by atoms with Crippen molar-refractivity contribution in [3.8, 4) is 11.4 Å². The number of benzene rings is 2. The number of ether oxygens (including phenoxy) is 1. The Morgan fingerprint density at radius 1 is 1.05 bits per heavy atom. The molecule has 1 fully saturated rings. The van der Waals surface area contributed by atoms with Gasteiger partial charge in [-0.2, -0.15) is 0 Å². The van der Waals surface area contributed by atoms with Crippen molar-refractivity contribution < 1.29 is 9.53 Å². The monoisotopic (exact) mass is 572 g/mol. The third-order valence-corrected chi connectivity index (χ3v) is 7.85. The highest BCUT2D eigenvalue weighted by molar-refractivity contribution is 9.10. The summed E-state index contributed by atoms with van der Waals surface area (Å²) in [4.78, 5) is 35.2. The Kier molecular flexibility index (Phi) is 6.76. The molecule has 0 spiro atoms. The van der Waals surface area contributed by atoms with E-state index in [1.165, 1.54) is 19.3 Å². The maximum atomic E-state index is 13.9. The zero-order valence-electron chi connectivity index (χ0n) is 21.3. The quantitative estimate of drug-likeness (QED) is 0.301. The molecule has 0 aliphatic carbocycles. The van der Waals surface area contributed by atoms with Crippen LogP contribution in [0.4, 0.5) is 11.4 Å². The Hall–Kier alpha value is -3.49. The van der Waals surface area contributed by atoms with Crippen LogP contribution in [-0.4, -0.2) is 46.6 Å².